The predicted molar refractivity (Wildman–Crippen MR) is 86.4 cm³/mol. The second-order valence-corrected chi connectivity index (χ2v) is 5.64. The Bertz CT molecular complexity index is 386. The largest absolute Gasteiger partial charge is 0.382 e. The summed E-state index contributed by atoms with van der Waals surface area (Å²) in [6.07, 6.45) is 15.4. The van der Waals surface area contributed by atoms with Crippen LogP contribution in [0.3, 0.4) is 0 Å². The van der Waals surface area contributed by atoms with E-state index in [1.54, 1.807) is 12.2 Å². The highest BCUT2D eigenvalue weighted by atomic mass is 16.3. The van der Waals surface area contributed by atoms with Gasteiger partial charge in [0, 0.05) is 32.1 Å². The van der Waals surface area contributed by atoms with Gasteiger partial charge in [0.1, 0.15) is 11.1 Å². The molecular weight excluding hydrogens is 246 g/mol. The lowest BCUT2D eigenvalue weighted by Crippen LogP contribution is -3.05. The summed E-state index contributed by atoms with van der Waals surface area (Å²) in [4.78, 5) is 0. The summed E-state index contributed by atoms with van der Waals surface area (Å²) in [5, 5.41) is 13.5. The van der Waals surface area contributed by atoms with Crippen LogP contribution in [0, 0.1) is 0 Å². The molecule has 1 aliphatic heterocycles. The fourth-order valence-corrected chi connectivity index (χ4v) is 3.19. The minimum absolute atomic E-state index is 0.400. The molecule has 2 nitrogen and oxygen atoms in total. The maximum absolute atomic E-state index is 11.2. The van der Waals surface area contributed by atoms with Crippen molar-refractivity contribution in [2.45, 2.75) is 49.3 Å². The van der Waals surface area contributed by atoms with Crippen LogP contribution in [-0.4, -0.2) is 22.3 Å². The number of rotatable bonds is 9. The Labute approximate surface area is 123 Å². The Morgan fingerprint density at radius 2 is 1.80 bits per heavy atom. The van der Waals surface area contributed by atoms with E-state index < -0.39 is 11.1 Å². The van der Waals surface area contributed by atoms with Crippen molar-refractivity contribution in [3.05, 3.63) is 62.8 Å². The molecule has 0 amide bonds. The SMILES string of the molecule is C=CC[C@@H]1CC=C[C@](CC=C)(C(O)(CC=C)CC=C)[NH2+]1. The van der Waals surface area contributed by atoms with E-state index in [1.165, 1.54) is 0 Å². The van der Waals surface area contributed by atoms with Gasteiger partial charge in [-0.2, -0.15) is 0 Å². The molecule has 2 atom stereocenters. The first-order chi connectivity index (χ1) is 9.57. The summed E-state index contributed by atoms with van der Waals surface area (Å²) in [6.45, 7) is 15.3. The van der Waals surface area contributed by atoms with Crippen LogP contribution < -0.4 is 5.32 Å². The van der Waals surface area contributed by atoms with Crippen molar-refractivity contribution in [3.63, 3.8) is 0 Å². The van der Waals surface area contributed by atoms with Gasteiger partial charge >= 0.3 is 0 Å². The molecule has 20 heavy (non-hydrogen) atoms. The zero-order valence-electron chi connectivity index (χ0n) is 12.4. The normalized spacial score (nSPS) is 25.9. The van der Waals surface area contributed by atoms with Crippen LogP contribution in [-0.2, 0) is 0 Å². The Morgan fingerprint density at radius 1 is 1.15 bits per heavy atom. The number of quaternary nitrogens is 1. The lowest BCUT2D eigenvalue weighted by molar-refractivity contribution is -0.761. The van der Waals surface area contributed by atoms with Crippen molar-refractivity contribution in [3.8, 4) is 0 Å². The fraction of sp³-hybridized carbons (Fsp3) is 0.444. The Morgan fingerprint density at radius 3 is 2.30 bits per heavy atom. The summed E-state index contributed by atoms with van der Waals surface area (Å²) in [5.74, 6) is 0. The standard InChI is InChI=1S/C18H27NO/c1-5-10-16-11-9-15-17(19-16,12-6-2)18(20,13-7-3)14-8-4/h5-9,15-16,19-20H,1-4,10-14H2/p+1/t16-,17-/m1/s1. The summed E-state index contributed by atoms with van der Waals surface area (Å²) in [5.41, 5.74) is -1.29. The van der Waals surface area contributed by atoms with Crippen LogP contribution >= 0.6 is 0 Å². The Kier molecular flexibility index (Phi) is 6.18. The molecule has 0 fully saturated rings. The molecule has 0 aromatic rings. The van der Waals surface area contributed by atoms with E-state index in [2.05, 4.69) is 43.8 Å². The average molecular weight is 274 g/mol. The minimum atomic E-state index is -0.888. The van der Waals surface area contributed by atoms with E-state index in [-0.39, 0.29) is 0 Å². The first-order valence-corrected chi connectivity index (χ1v) is 7.27. The van der Waals surface area contributed by atoms with E-state index >= 15 is 0 Å². The molecule has 0 saturated heterocycles. The molecule has 0 aliphatic carbocycles. The highest BCUT2D eigenvalue weighted by Gasteiger charge is 2.51. The topological polar surface area (TPSA) is 36.8 Å². The number of nitrogens with two attached hydrogens (primary N) is 1. The molecule has 0 aromatic heterocycles. The average Bonchev–Trinajstić information content (AvgIpc) is 2.40. The molecule has 0 saturated carbocycles. The van der Waals surface area contributed by atoms with Crippen LogP contribution in [0.5, 0.6) is 0 Å². The molecule has 0 spiro atoms. The molecule has 0 radical (unpaired) electrons. The van der Waals surface area contributed by atoms with Crippen molar-refractivity contribution in [2.24, 2.45) is 0 Å². The summed E-state index contributed by atoms with van der Waals surface area (Å²) < 4.78 is 0. The number of aliphatic hydroxyl groups is 1. The van der Waals surface area contributed by atoms with Gasteiger partial charge in [-0.25, -0.2) is 0 Å². The van der Waals surface area contributed by atoms with Crippen LogP contribution in [0.25, 0.3) is 0 Å². The van der Waals surface area contributed by atoms with Crippen LogP contribution in [0.4, 0.5) is 0 Å². The lowest BCUT2D eigenvalue weighted by Gasteiger charge is -2.45. The highest BCUT2D eigenvalue weighted by molar-refractivity contribution is 5.19. The Hall–Kier alpha value is -1.38. The zero-order valence-corrected chi connectivity index (χ0v) is 12.4. The first kappa shape index (κ1) is 16.7. The van der Waals surface area contributed by atoms with Crippen LogP contribution in [0.15, 0.2) is 62.8 Å². The minimum Gasteiger partial charge on any atom is -0.382 e. The third-order valence-corrected chi connectivity index (χ3v) is 4.17. The molecule has 1 heterocycles. The van der Waals surface area contributed by atoms with Gasteiger partial charge in [0.2, 0.25) is 0 Å². The van der Waals surface area contributed by atoms with Crippen molar-refractivity contribution in [1.29, 1.82) is 0 Å². The summed E-state index contributed by atoms with van der Waals surface area (Å²) in [7, 11) is 0. The van der Waals surface area contributed by atoms with Crippen molar-refractivity contribution in [1.82, 2.24) is 0 Å². The molecule has 110 valence electrons. The molecular formula is C18H28NO+. The van der Waals surface area contributed by atoms with Crippen LogP contribution in [0.1, 0.15) is 32.1 Å². The van der Waals surface area contributed by atoms with E-state index in [1.807, 2.05) is 12.2 Å². The van der Waals surface area contributed by atoms with Crippen molar-refractivity contribution in [2.75, 3.05) is 0 Å². The van der Waals surface area contributed by atoms with Crippen LogP contribution in [0.2, 0.25) is 0 Å². The monoisotopic (exact) mass is 274 g/mol. The van der Waals surface area contributed by atoms with Gasteiger partial charge in [-0.3, -0.25) is 0 Å². The van der Waals surface area contributed by atoms with Gasteiger partial charge in [-0.15, -0.1) is 26.3 Å². The second kappa shape index (κ2) is 7.41. The lowest BCUT2D eigenvalue weighted by atomic mass is 9.70. The molecule has 1 aliphatic rings. The number of hydrogen-bond donors (Lipinski definition) is 2. The van der Waals surface area contributed by atoms with E-state index in [4.69, 9.17) is 0 Å². The van der Waals surface area contributed by atoms with Gasteiger partial charge in [-0.1, -0.05) is 30.4 Å². The van der Waals surface area contributed by atoms with Gasteiger partial charge in [-0.05, 0) is 6.08 Å². The predicted octanol–water partition coefficient (Wildman–Crippen LogP) is 2.65. The third kappa shape index (κ3) is 3.38. The highest BCUT2D eigenvalue weighted by Crippen LogP contribution is 2.33. The number of hydrogen-bond acceptors (Lipinski definition) is 1. The molecule has 3 N–H and O–H groups in total. The first-order valence-electron chi connectivity index (χ1n) is 7.27. The molecule has 0 aromatic carbocycles. The van der Waals surface area contributed by atoms with Crippen molar-refractivity contribution >= 4 is 0 Å². The zero-order chi connectivity index (χ0) is 15.1. The molecule has 0 unspecified atom stereocenters. The molecule has 2 heteroatoms. The van der Waals surface area contributed by atoms with E-state index in [0.29, 0.717) is 18.9 Å². The van der Waals surface area contributed by atoms with Crippen molar-refractivity contribution < 1.29 is 10.4 Å². The van der Waals surface area contributed by atoms with Gasteiger partial charge in [0.25, 0.3) is 0 Å². The van der Waals surface area contributed by atoms with E-state index in [0.717, 1.165) is 19.3 Å². The van der Waals surface area contributed by atoms with E-state index in [9.17, 15) is 5.11 Å². The van der Waals surface area contributed by atoms with Gasteiger partial charge in [0.15, 0.2) is 0 Å². The molecule has 1 rings (SSSR count). The third-order valence-electron chi connectivity index (χ3n) is 4.17. The smallest absolute Gasteiger partial charge is 0.148 e. The molecule has 0 bridgehead atoms. The maximum atomic E-state index is 11.2. The quantitative estimate of drug-likeness (QED) is 0.623. The van der Waals surface area contributed by atoms with Gasteiger partial charge < -0.3 is 10.4 Å². The fourth-order valence-electron chi connectivity index (χ4n) is 3.19. The maximum Gasteiger partial charge on any atom is 0.148 e. The Balaban J connectivity index is 3.16. The summed E-state index contributed by atoms with van der Waals surface area (Å²) in [6, 6.07) is 0.415. The summed E-state index contributed by atoms with van der Waals surface area (Å²) >= 11 is 0. The van der Waals surface area contributed by atoms with Gasteiger partial charge in [0.05, 0.1) is 6.04 Å². The second-order valence-electron chi connectivity index (χ2n) is 5.64.